The van der Waals surface area contributed by atoms with Crippen LogP contribution in [0.5, 0.6) is 0 Å². The molecule has 2 atom stereocenters. The Morgan fingerprint density at radius 3 is 2.74 bits per heavy atom. The van der Waals surface area contributed by atoms with E-state index >= 15 is 0 Å². The summed E-state index contributed by atoms with van der Waals surface area (Å²) in [7, 11) is 0. The van der Waals surface area contributed by atoms with Crippen LogP contribution in [0.2, 0.25) is 0 Å². The fourth-order valence-electron chi connectivity index (χ4n) is 2.71. The van der Waals surface area contributed by atoms with Crippen LogP contribution in [0.4, 0.5) is 5.69 Å². The molecule has 2 rings (SSSR count). The average Bonchev–Trinajstić information content (AvgIpc) is 2.48. The molecule has 23 heavy (non-hydrogen) atoms. The maximum atomic E-state index is 12.0. The van der Waals surface area contributed by atoms with E-state index in [4.69, 9.17) is 5.73 Å². The number of nitrogens with one attached hydrogen (secondary N) is 2. The van der Waals surface area contributed by atoms with E-state index in [0.717, 1.165) is 35.0 Å². The second-order valence-electron chi connectivity index (χ2n) is 5.85. The van der Waals surface area contributed by atoms with Gasteiger partial charge in [-0.05, 0) is 49.9 Å². The van der Waals surface area contributed by atoms with Gasteiger partial charge in [0.1, 0.15) is 0 Å². The van der Waals surface area contributed by atoms with Gasteiger partial charge in [-0.25, -0.2) is 0 Å². The maximum Gasteiger partial charge on any atom is 0.243 e. The van der Waals surface area contributed by atoms with Crippen molar-refractivity contribution in [3.63, 3.8) is 0 Å². The van der Waals surface area contributed by atoms with Crippen LogP contribution < -0.4 is 16.4 Å². The van der Waals surface area contributed by atoms with Crippen LogP contribution in [0.15, 0.2) is 22.7 Å². The highest BCUT2D eigenvalue weighted by molar-refractivity contribution is 9.10. The van der Waals surface area contributed by atoms with Gasteiger partial charge in [-0.3, -0.25) is 9.59 Å². The summed E-state index contributed by atoms with van der Waals surface area (Å²) in [5, 5.41) is 5.48. The molecule has 0 aliphatic heterocycles. The lowest BCUT2D eigenvalue weighted by molar-refractivity contribution is -0.128. The standard InChI is InChI=1S/C16H22BrN3O2.ClH/c1-10-7-13(5-6-14(10)17)20-15(21)9-19-16(22)11-3-2-4-12(18)8-11;/h5-7,11-12H,2-4,8-9,18H2,1H3,(H,19,22)(H,20,21);1H. The van der Waals surface area contributed by atoms with Crippen LogP contribution in [0.25, 0.3) is 0 Å². The summed E-state index contributed by atoms with van der Waals surface area (Å²) in [4.78, 5) is 23.9. The van der Waals surface area contributed by atoms with Crippen LogP contribution in [0.1, 0.15) is 31.2 Å². The van der Waals surface area contributed by atoms with Gasteiger partial charge in [0.05, 0.1) is 6.54 Å². The largest absolute Gasteiger partial charge is 0.347 e. The first-order valence-corrected chi connectivity index (χ1v) is 8.34. The number of anilines is 1. The van der Waals surface area contributed by atoms with Crippen LogP contribution in [0.3, 0.4) is 0 Å². The Labute approximate surface area is 151 Å². The van der Waals surface area contributed by atoms with E-state index in [-0.39, 0.29) is 42.7 Å². The molecule has 0 bridgehead atoms. The number of carbonyl (C=O) groups is 2. The molecule has 5 nitrogen and oxygen atoms in total. The molecule has 1 aromatic carbocycles. The lowest BCUT2D eigenvalue weighted by Crippen LogP contribution is -2.40. The van der Waals surface area contributed by atoms with E-state index < -0.39 is 0 Å². The summed E-state index contributed by atoms with van der Waals surface area (Å²) in [5.74, 6) is -0.362. The molecule has 128 valence electrons. The maximum absolute atomic E-state index is 12.0. The van der Waals surface area contributed by atoms with Gasteiger partial charge in [0.25, 0.3) is 0 Å². The van der Waals surface area contributed by atoms with Crippen molar-refractivity contribution in [3.8, 4) is 0 Å². The Kier molecular flexibility index (Phi) is 8.02. The number of carbonyl (C=O) groups excluding carboxylic acids is 2. The fraction of sp³-hybridized carbons (Fsp3) is 0.500. The third kappa shape index (κ3) is 6.12. The third-order valence-electron chi connectivity index (χ3n) is 3.95. The number of aryl methyl sites for hydroxylation is 1. The van der Waals surface area contributed by atoms with Crippen molar-refractivity contribution in [1.82, 2.24) is 5.32 Å². The minimum absolute atomic E-state index is 0. The molecule has 0 spiro atoms. The molecule has 4 N–H and O–H groups in total. The molecule has 1 aromatic rings. The Bertz CT molecular complexity index is 568. The molecular weight excluding hydrogens is 382 g/mol. The molecular formula is C16H23BrClN3O2. The Morgan fingerprint density at radius 2 is 2.09 bits per heavy atom. The van der Waals surface area contributed by atoms with Gasteiger partial charge in [-0.1, -0.05) is 22.4 Å². The predicted octanol–water partition coefficient (Wildman–Crippen LogP) is 2.75. The average molecular weight is 405 g/mol. The van der Waals surface area contributed by atoms with E-state index in [9.17, 15) is 9.59 Å². The highest BCUT2D eigenvalue weighted by atomic mass is 79.9. The van der Waals surface area contributed by atoms with Crippen LogP contribution >= 0.6 is 28.3 Å². The molecule has 0 heterocycles. The Balaban J connectivity index is 0.00000264. The Hall–Kier alpha value is -1.11. The topological polar surface area (TPSA) is 84.2 Å². The summed E-state index contributed by atoms with van der Waals surface area (Å²) < 4.78 is 0.993. The lowest BCUT2D eigenvalue weighted by atomic mass is 9.85. The van der Waals surface area contributed by atoms with Crippen molar-refractivity contribution in [2.75, 3.05) is 11.9 Å². The molecule has 1 aliphatic rings. The molecule has 0 saturated heterocycles. The zero-order valence-electron chi connectivity index (χ0n) is 13.1. The highest BCUT2D eigenvalue weighted by Crippen LogP contribution is 2.23. The smallest absolute Gasteiger partial charge is 0.243 e. The van der Waals surface area contributed by atoms with Gasteiger partial charge in [-0.2, -0.15) is 0 Å². The number of nitrogens with two attached hydrogens (primary N) is 1. The van der Waals surface area contributed by atoms with Gasteiger partial charge >= 0.3 is 0 Å². The van der Waals surface area contributed by atoms with Crippen molar-refractivity contribution in [1.29, 1.82) is 0 Å². The second-order valence-corrected chi connectivity index (χ2v) is 6.71. The van der Waals surface area contributed by atoms with Crippen LogP contribution in [-0.2, 0) is 9.59 Å². The molecule has 0 radical (unpaired) electrons. The van der Waals surface area contributed by atoms with E-state index in [2.05, 4.69) is 26.6 Å². The molecule has 1 saturated carbocycles. The van der Waals surface area contributed by atoms with Gasteiger partial charge in [0.2, 0.25) is 11.8 Å². The normalized spacial score (nSPS) is 20.3. The summed E-state index contributed by atoms with van der Waals surface area (Å²) in [5.41, 5.74) is 7.65. The summed E-state index contributed by atoms with van der Waals surface area (Å²) >= 11 is 3.41. The van der Waals surface area contributed by atoms with Crippen LogP contribution in [-0.4, -0.2) is 24.4 Å². The number of hydrogen-bond acceptors (Lipinski definition) is 3. The monoisotopic (exact) mass is 403 g/mol. The highest BCUT2D eigenvalue weighted by Gasteiger charge is 2.25. The minimum atomic E-state index is -0.227. The van der Waals surface area contributed by atoms with Crippen LogP contribution in [0, 0.1) is 12.8 Å². The number of benzene rings is 1. The predicted molar refractivity (Wildman–Crippen MR) is 97.7 cm³/mol. The summed E-state index contributed by atoms with van der Waals surface area (Å²) in [6, 6.07) is 5.68. The van der Waals surface area contributed by atoms with Gasteiger partial charge in [-0.15, -0.1) is 12.4 Å². The van der Waals surface area contributed by atoms with E-state index in [0.29, 0.717) is 6.42 Å². The number of rotatable bonds is 4. The minimum Gasteiger partial charge on any atom is -0.347 e. The zero-order chi connectivity index (χ0) is 16.1. The van der Waals surface area contributed by atoms with E-state index in [1.54, 1.807) is 0 Å². The van der Waals surface area contributed by atoms with Gasteiger partial charge < -0.3 is 16.4 Å². The number of amides is 2. The van der Waals surface area contributed by atoms with Crippen molar-refractivity contribution < 1.29 is 9.59 Å². The van der Waals surface area contributed by atoms with Crippen molar-refractivity contribution in [3.05, 3.63) is 28.2 Å². The fourth-order valence-corrected chi connectivity index (χ4v) is 2.95. The molecule has 1 fully saturated rings. The first-order valence-electron chi connectivity index (χ1n) is 7.55. The Morgan fingerprint density at radius 1 is 1.35 bits per heavy atom. The number of hydrogen-bond donors (Lipinski definition) is 3. The molecule has 1 aliphatic carbocycles. The van der Waals surface area contributed by atoms with Crippen molar-refractivity contribution in [2.24, 2.45) is 11.7 Å². The van der Waals surface area contributed by atoms with E-state index in [1.165, 1.54) is 0 Å². The first-order chi connectivity index (χ1) is 10.5. The van der Waals surface area contributed by atoms with Gasteiger partial charge in [0.15, 0.2) is 0 Å². The quantitative estimate of drug-likeness (QED) is 0.721. The summed E-state index contributed by atoms with van der Waals surface area (Å²) in [6.07, 6.45) is 3.52. The second kappa shape index (κ2) is 9.25. The molecule has 0 aromatic heterocycles. The van der Waals surface area contributed by atoms with Crippen molar-refractivity contribution >= 4 is 45.8 Å². The SMILES string of the molecule is Cc1cc(NC(=O)CNC(=O)C2CCCC(N)C2)ccc1Br.Cl. The zero-order valence-corrected chi connectivity index (χ0v) is 15.5. The van der Waals surface area contributed by atoms with Gasteiger partial charge in [0, 0.05) is 22.1 Å². The number of halogens is 2. The molecule has 2 unspecified atom stereocenters. The first kappa shape index (κ1) is 19.9. The lowest BCUT2D eigenvalue weighted by Gasteiger charge is -2.25. The van der Waals surface area contributed by atoms with E-state index in [1.807, 2.05) is 25.1 Å². The summed E-state index contributed by atoms with van der Waals surface area (Å²) in [6.45, 7) is 1.94. The van der Waals surface area contributed by atoms with Crippen molar-refractivity contribution in [2.45, 2.75) is 38.6 Å². The molecule has 7 heteroatoms. The third-order valence-corrected chi connectivity index (χ3v) is 4.84. The molecule has 2 amide bonds.